The van der Waals surface area contributed by atoms with E-state index in [0.717, 1.165) is 22.0 Å². The van der Waals surface area contributed by atoms with E-state index >= 15 is 0 Å². The Bertz CT molecular complexity index is 642. The second-order valence-electron chi connectivity index (χ2n) is 4.36. The van der Waals surface area contributed by atoms with Crippen LogP contribution >= 0.6 is 11.3 Å². The zero-order valence-corrected chi connectivity index (χ0v) is 11.3. The van der Waals surface area contributed by atoms with Crippen LogP contribution in [0.25, 0.3) is 4.96 Å². The number of ether oxygens (including phenoxy) is 1. The second kappa shape index (κ2) is 5.03. The zero-order chi connectivity index (χ0) is 13.2. The van der Waals surface area contributed by atoms with E-state index in [1.807, 2.05) is 46.4 Å². The van der Waals surface area contributed by atoms with Crippen molar-refractivity contribution in [2.24, 2.45) is 0 Å². The zero-order valence-electron chi connectivity index (χ0n) is 10.5. The molecule has 3 aromatic rings. The van der Waals surface area contributed by atoms with Gasteiger partial charge in [-0.3, -0.25) is 4.40 Å². The fraction of sp³-hybridized carbons (Fsp3) is 0.214. The first-order valence-electron chi connectivity index (χ1n) is 6.04. The Morgan fingerprint density at radius 2 is 2.16 bits per heavy atom. The first-order valence-corrected chi connectivity index (χ1v) is 6.92. The van der Waals surface area contributed by atoms with Crippen LogP contribution in [-0.2, 0) is 6.61 Å². The van der Waals surface area contributed by atoms with Crippen molar-refractivity contribution in [3.63, 3.8) is 0 Å². The van der Waals surface area contributed by atoms with Crippen molar-refractivity contribution in [3.8, 4) is 5.75 Å². The van der Waals surface area contributed by atoms with Gasteiger partial charge in [-0.25, -0.2) is 4.98 Å². The van der Waals surface area contributed by atoms with Gasteiger partial charge in [0.05, 0.1) is 11.8 Å². The molecule has 0 aliphatic carbocycles. The summed E-state index contributed by atoms with van der Waals surface area (Å²) in [5.41, 5.74) is 1.79. The maximum atomic E-state index is 9.43. The number of aliphatic hydroxyl groups excluding tert-OH is 1. The Hall–Kier alpha value is -1.85. The summed E-state index contributed by atoms with van der Waals surface area (Å²) in [6.07, 6.45) is 3.50. The number of hydrogen-bond donors (Lipinski definition) is 1. The molecule has 98 valence electrons. The van der Waals surface area contributed by atoms with Crippen LogP contribution in [0.15, 0.2) is 42.0 Å². The lowest BCUT2D eigenvalue weighted by Gasteiger charge is -2.07. The minimum atomic E-state index is -0.450. The van der Waals surface area contributed by atoms with E-state index in [9.17, 15) is 5.11 Å². The third kappa shape index (κ3) is 2.62. The molecule has 1 N–H and O–H groups in total. The van der Waals surface area contributed by atoms with Crippen molar-refractivity contribution in [3.05, 3.63) is 53.3 Å². The number of fused-ring (bicyclic) bond motifs is 1. The van der Waals surface area contributed by atoms with Crippen molar-refractivity contribution >= 4 is 16.3 Å². The quantitative estimate of drug-likeness (QED) is 0.795. The molecule has 0 fully saturated rings. The van der Waals surface area contributed by atoms with E-state index in [-0.39, 0.29) is 0 Å². The van der Waals surface area contributed by atoms with E-state index in [2.05, 4.69) is 4.98 Å². The highest BCUT2D eigenvalue weighted by Crippen LogP contribution is 2.18. The van der Waals surface area contributed by atoms with Crippen molar-refractivity contribution < 1.29 is 9.84 Å². The number of rotatable bonds is 4. The van der Waals surface area contributed by atoms with Gasteiger partial charge in [0.2, 0.25) is 0 Å². The molecule has 0 aliphatic rings. The molecular weight excluding hydrogens is 260 g/mol. The molecule has 4 nitrogen and oxygen atoms in total. The van der Waals surface area contributed by atoms with Gasteiger partial charge in [-0.15, -0.1) is 11.3 Å². The molecule has 1 atom stereocenters. The lowest BCUT2D eigenvalue weighted by atomic mass is 10.1. The highest BCUT2D eigenvalue weighted by Gasteiger charge is 2.04. The Morgan fingerprint density at radius 1 is 1.37 bits per heavy atom. The van der Waals surface area contributed by atoms with Crippen molar-refractivity contribution in [2.75, 3.05) is 0 Å². The lowest BCUT2D eigenvalue weighted by Crippen LogP contribution is -1.96. The van der Waals surface area contributed by atoms with Gasteiger partial charge in [-0.05, 0) is 24.6 Å². The van der Waals surface area contributed by atoms with Crippen LogP contribution in [0.5, 0.6) is 5.75 Å². The Morgan fingerprint density at radius 3 is 2.84 bits per heavy atom. The lowest BCUT2D eigenvalue weighted by molar-refractivity contribution is 0.199. The monoisotopic (exact) mass is 274 g/mol. The number of hydrogen-bond acceptors (Lipinski definition) is 4. The summed E-state index contributed by atoms with van der Waals surface area (Å²) in [7, 11) is 0. The molecule has 2 aromatic heterocycles. The third-order valence-corrected chi connectivity index (χ3v) is 3.66. The van der Waals surface area contributed by atoms with Crippen LogP contribution < -0.4 is 4.74 Å². The largest absolute Gasteiger partial charge is 0.487 e. The molecule has 1 aromatic carbocycles. The van der Waals surface area contributed by atoms with Crippen molar-refractivity contribution in [2.45, 2.75) is 19.6 Å². The van der Waals surface area contributed by atoms with E-state index in [1.165, 1.54) is 0 Å². The summed E-state index contributed by atoms with van der Waals surface area (Å²) in [5.74, 6) is 0.778. The number of aromatic nitrogens is 2. The smallest absolute Gasteiger partial charge is 0.193 e. The molecule has 0 radical (unpaired) electrons. The Balaban J connectivity index is 1.67. The first-order chi connectivity index (χ1) is 9.22. The summed E-state index contributed by atoms with van der Waals surface area (Å²) < 4.78 is 7.66. The van der Waals surface area contributed by atoms with E-state index in [4.69, 9.17) is 4.74 Å². The number of aliphatic hydroxyl groups is 1. The number of benzene rings is 1. The van der Waals surface area contributed by atoms with Crippen molar-refractivity contribution in [1.29, 1.82) is 0 Å². The molecule has 19 heavy (non-hydrogen) atoms. The summed E-state index contributed by atoms with van der Waals surface area (Å²) in [6.45, 7) is 2.19. The molecule has 2 heterocycles. The first kappa shape index (κ1) is 12.2. The van der Waals surface area contributed by atoms with Gasteiger partial charge in [0, 0.05) is 17.8 Å². The summed E-state index contributed by atoms with van der Waals surface area (Å²) in [4.78, 5) is 5.43. The maximum Gasteiger partial charge on any atom is 0.193 e. The molecular formula is C14H14N2O2S. The van der Waals surface area contributed by atoms with E-state index < -0.39 is 6.10 Å². The predicted molar refractivity (Wildman–Crippen MR) is 74.5 cm³/mol. The number of imidazole rings is 1. The van der Waals surface area contributed by atoms with Crippen LogP contribution in [-0.4, -0.2) is 14.5 Å². The fourth-order valence-corrected chi connectivity index (χ4v) is 2.56. The number of thiazole rings is 1. The molecule has 0 unspecified atom stereocenters. The van der Waals surface area contributed by atoms with Crippen LogP contribution in [0.4, 0.5) is 0 Å². The summed E-state index contributed by atoms with van der Waals surface area (Å²) >= 11 is 1.60. The van der Waals surface area contributed by atoms with Gasteiger partial charge in [0.25, 0.3) is 0 Å². The van der Waals surface area contributed by atoms with Gasteiger partial charge in [-0.2, -0.15) is 0 Å². The second-order valence-corrected chi connectivity index (χ2v) is 5.23. The molecule has 0 saturated heterocycles. The molecule has 3 rings (SSSR count). The highest BCUT2D eigenvalue weighted by atomic mass is 32.1. The van der Waals surface area contributed by atoms with Gasteiger partial charge in [0.15, 0.2) is 4.96 Å². The minimum Gasteiger partial charge on any atom is -0.487 e. The molecule has 0 aliphatic heterocycles. The average molecular weight is 274 g/mol. The molecule has 5 heteroatoms. The van der Waals surface area contributed by atoms with Crippen LogP contribution in [0.3, 0.4) is 0 Å². The third-order valence-electron chi connectivity index (χ3n) is 2.89. The Labute approximate surface area is 114 Å². The SMILES string of the molecule is C[C@H](O)c1ccc(OCc2cn3ccsc3n2)cc1. The van der Waals surface area contributed by atoms with Crippen LogP contribution in [0.1, 0.15) is 24.3 Å². The normalized spacial score (nSPS) is 12.7. The summed E-state index contributed by atoms with van der Waals surface area (Å²) in [5, 5.41) is 11.4. The van der Waals surface area contributed by atoms with Crippen molar-refractivity contribution in [1.82, 2.24) is 9.38 Å². The summed E-state index contributed by atoms with van der Waals surface area (Å²) in [6, 6.07) is 7.46. The van der Waals surface area contributed by atoms with Gasteiger partial charge < -0.3 is 9.84 Å². The fourth-order valence-electron chi connectivity index (χ4n) is 1.85. The number of nitrogens with zero attached hydrogens (tertiary/aromatic N) is 2. The van der Waals surface area contributed by atoms with E-state index in [0.29, 0.717) is 6.61 Å². The highest BCUT2D eigenvalue weighted by molar-refractivity contribution is 7.15. The molecule has 0 bridgehead atoms. The van der Waals surface area contributed by atoms with Gasteiger partial charge in [-0.1, -0.05) is 12.1 Å². The molecule has 0 saturated carbocycles. The Kier molecular flexibility index (Phi) is 3.23. The average Bonchev–Trinajstić information content (AvgIpc) is 2.97. The standard InChI is InChI=1S/C14H14N2O2S/c1-10(17)11-2-4-13(5-3-11)18-9-12-8-16-6-7-19-14(16)15-12/h2-8,10,17H,9H2,1H3/t10-/m0/s1. The van der Waals surface area contributed by atoms with Crippen LogP contribution in [0, 0.1) is 0 Å². The molecule has 0 amide bonds. The van der Waals surface area contributed by atoms with Gasteiger partial charge >= 0.3 is 0 Å². The minimum absolute atomic E-state index is 0.447. The van der Waals surface area contributed by atoms with E-state index in [1.54, 1.807) is 18.3 Å². The topological polar surface area (TPSA) is 46.8 Å². The predicted octanol–water partition coefficient (Wildman–Crippen LogP) is 3.03. The van der Waals surface area contributed by atoms with Crippen LogP contribution in [0.2, 0.25) is 0 Å². The van der Waals surface area contributed by atoms with Gasteiger partial charge in [0.1, 0.15) is 12.4 Å². The molecule has 0 spiro atoms. The maximum absolute atomic E-state index is 9.43.